The van der Waals surface area contributed by atoms with Crippen LogP contribution >= 0.6 is 12.4 Å². The molecule has 0 aromatic carbocycles. The lowest BCUT2D eigenvalue weighted by molar-refractivity contribution is 0.0778. The lowest BCUT2D eigenvalue weighted by Gasteiger charge is -2.34. The van der Waals surface area contributed by atoms with Crippen molar-refractivity contribution in [2.45, 2.75) is 43.4 Å². The van der Waals surface area contributed by atoms with Gasteiger partial charge in [0.05, 0.1) is 0 Å². The fourth-order valence-electron chi connectivity index (χ4n) is 3.34. The van der Waals surface area contributed by atoms with Crippen molar-refractivity contribution >= 4 is 12.4 Å². The zero-order chi connectivity index (χ0) is 14.5. The molecular formula is C15H26ClN3O3. The van der Waals surface area contributed by atoms with Gasteiger partial charge in [-0.15, -0.1) is 12.4 Å². The number of nitrogens with zero attached hydrogens (tertiary/aromatic N) is 2. The van der Waals surface area contributed by atoms with E-state index in [2.05, 4.69) is 10.5 Å². The summed E-state index contributed by atoms with van der Waals surface area (Å²) in [6, 6.07) is 0. The summed E-state index contributed by atoms with van der Waals surface area (Å²) in [6.07, 6.45) is 5.13. The summed E-state index contributed by atoms with van der Waals surface area (Å²) in [7, 11) is 1.74. The van der Waals surface area contributed by atoms with Gasteiger partial charge in [-0.1, -0.05) is 5.16 Å². The maximum atomic E-state index is 5.58. The molecule has 2 saturated heterocycles. The molecule has 1 aromatic rings. The molecule has 1 atom stereocenters. The molecule has 0 aliphatic carbocycles. The van der Waals surface area contributed by atoms with Crippen molar-refractivity contribution in [2.24, 2.45) is 0 Å². The first-order chi connectivity index (χ1) is 10.3. The number of rotatable bonds is 5. The molecule has 2 fully saturated rings. The highest BCUT2D eigenvalue weighted by Crippen LogP contribution is 2.34. The monoisotopic (exact) mass is 331 g/mol. The molecular weight excluding hydrogens is 306 g/mol. The first kappa shape index (κ1) is 17.7. The Morgan fingerprint density at radius 3 is 2.86 bits per heavy atom. The molecule has 3 rings (SSSR count). The van der Waals surface area contributed by atoms with E-state index in [9.17, 15) is 0 Å². The minimum Gasteiger partial charge on any atom is -0.385 e. The topological polar surface area (TPSA) is 69.4 Å². The summed E-state index contributed by atoms with van der Waals surface area (Å²) in [5.41, 5.74) is -0.0405. The van der Waals surface area contributed by atoms with Gasteiger partial charge in [0.15, 0.2) is 5.82 Å². The summed E-state index contributed by atoms with van der Waals surface area (Å²) in [4.78, 5) is 4.75. The van der Waals surface area contributed by atoms with Crippen LogP contribution in [0.5, 0.6) is 0 Å². The molecule has 0 radical (unpaired) electrons. The summed E-state index contributed by atoms with van der Waals surface area (Å²) in [5, 5.41) is 7.79. The summed E-state index contributed by atoms with van der Waals surface area (Å²) < 4.78 is 16.3. The molecule has 1 N–H and O–H groups in total. The van der Waals surface area contributed by atoms with Crippen LogP contribution in [0.15, 0.2) is 4.52 Å². The third kappa shape index (κ3) is 3.79. The van der Waals surface area contributed by atoms with Crippen molar-refractivity contribution in [2.75, 3.05) is 40.0 Å². The minimum atomic E-state index is -0.0405. The smallest absolute Gasteiger partial charge is 0.229 e. The number of halogens is 1. The number of hydrogen-bond acceptors (Lipinski definition) is 6. The Bertz CT molecular complexity index is 443. The fourth-order valence-corrected chi connectivity index (χ4v) is 3.34. The summed E-state index contributed by atoms with van der Waals surface area (Å²) in [6.45, 7) is 4.28. The van der Waals surface area contributed by atoms with Crippen LogP contribution < -0.4 is 5.32 Å². The average Bonchev–Trinajstić information content (AvgIpc) is 3.05. The number of aromatic nitrogens is 2. The van der Waals surface area contributed by atoms with Gasteiger partial charge in [-0.25, -0.2) is 0 Å². The zero-order valence-corrected chi connectivity index (χ0v) is 14.0. The molecule has 1 unspecified atom stereocenters. The van der Waals surface area contributed by atoms with E-state index in [1.807, 2.05) is 0 Å². The molecule has 0 spiro atoms. The maximum Gasteiger partial charge on any atom is 0.229 e. The van der Waals surface area contributed by atoms with E-state index in [1.54, 1.807) is 7.11 Å². The Hall–Kier alpha value is -0.690. The molecule has 126 valence electrons. The second kappa shape index (κ2) is 8.24. The predicted molar refractivity (Wildman–Crippen MR) is 84.6 cm³/mol. The number of methoxy groups -OCH3 is 1. The van der Waals surface area contributed by atoms with Gasteiger partial charge in [0.25, 0.3) is 0 Å². The molecule has 2 aliphatic heterocycles. The molecule has 22 heavy (non-hydrogen) atoms. The Balaban J connectivity index is 0.00000176. The van der Waals surface area contributed by atoms with Crippen LogP contribution in [0.25, 0.3) is 0 Å². The molecule has 7 heteroatoms. The average molecular weight is 332 g/mol. The van der Waals surface area contributed by atoms with Crippen molar-refractivity contribution in [1.29, 1.82) is 0 Å². The van der Waals surface area contributed by atoms with Crippen molar-refractivity contribution in [1.82, 2.24) is 15.5 Å². The molecule has 0 bridgehead atoms. The Kier molecular flexibility index (Phi) is 6.62. The van der Waals surface area contributed by atoms with Crippen molar-refractivity contribution in [3.8, 4) is 0 Å². The van der Waals surface area contributed by atoms with E-state index in [0.717, 1.165) is 76.7 Å². The molecule has 0 amide bonds. The summed E-state index contributed by atoms with van der Waals surface area (Å²) >= 11 is 0. The first-order valence-electron chi connectivity index (χ1n) is 7.95. The van der Waals surface area contributed by atoms with Crippen LogP contribution in [0.1, 0.15) is 49.7 Å². The molecule has 6 nitrogen and oxygen atoms in total. The van der Waals surface area contributed by atoms with E-state index in [1.165, 1.54) is 0 Å². The Morgan fingerprint density at radius 2 is 2.18 bits per heavy atom. The molecule has 1 aromatic heterocycles. The maximum absolute atomic E-state index is 5.58. The van der Waals surface area contributed by atoms with Crippen molar-refractivity contribution < 1.29 is 14.0 Å². The normalized spacial score (nSPS) is 26.6. The third-order valence-corrected chi connectivity index (χ3v) is 4.74. The van der Waals surface area contributed by atoms with E-state index in [-0.39, 0.29) is 17.8 Å². The van der Waals surface area contributed by atoms with Gasteiger partial charge in [0.2, 0.25) is 5.89 Å². The lowest BCUT2D eigenvalue weighted by Crippen LogP contribution is -2.45. The molecule has 0 saturated carbocycles. The van der Waals surface area contributed by atoms with Crippen LogP contribution in [0.2, 0.25) is 0 Å². The lowest BCUT2D eigenvalue weighted by atomic mass is 9.77. The Morgan fingerprint density at radius 1 is 1.36 bits per heavy atom. The highest BCUT2D eigenvalue weighted by Gasteiger charge is 2.38. The van der Waals surface area contributed by atoms with Gasteiger partial charge in [-0.05, 0) is 38.6 Å². The second-order valence-electron chi connectivity index (χ2n) is 6.15. The van der Waals surface area contributed by atoms with Gasteiger partial charge in [-0.3, -0.25) is 0 Å². The number of piperidine rings is 1. The van der Waals surface area contributed by atoms with Crippen LogP contribution in [0.4, 0.5) is 0 Å². The van der Waals surface area contributed by atoms with E-state index in [4.69, 9.17) is 19.0 Å². The number of nitrogens with one attached hydrogen (secondary N) is 1. The van der Waals surface area contributed by atoms with E-state index >= 15 is 0 Å². The van der Waals surface area contributed by atoms with Gasteiger partial charge in [0.1, 0.15) is 0 Å². The molecule has 2 aliphatic rings. The van der Waals surface area contributed by atoms with Crippen molar-refractivity contribution in [3.05, 3.63) is 11.7 Å². The third-order valence-electron chi connectivity index (χ3n) is 4.74. The number of ether oxygens (including phenoxy) is 2. The first-order valence-corrected chi connectivity index (χ1v) is 7.95. The van der Waals surface area contributed by atoms with Gasteiger partial charge >= 0.3 is 0 Å². The SMILES string of the molecule is COCCC1(c2noc(C3CCOCC3)n2)CCCNC1.Cl. The van der Waals surface area contributed by atoms with E-state index in [0.29, 0.717) is 5.92 Å². The highest BCUT2D eigenvalue weighted by atomic mass is 35.5. The fraction of sp³-hybridized carbons (Fsp3) is 0.867. The van der Waals surface area contributed by atoms with Crippen molar-refractivity contribution in [3.63, 3.8) is 0 Å². The van der Waals surface area contributed by atoms with Crippen LogP contribution in [-0.2, 0) is 14.9 Å². The number of hydrogen-bond donors (Lipinski definition) is 1. The van der Waals surface area contributed by atoms with Gasteiger partial charge in [-0.2, -0.15) is 4.98 Å². The van der Waals surface area contributed by atoms with Crippen LogP contribution in [-0.4, -0.2) is 50.2 Å². The molecule has 3 heterocycles. The quantitative estimate of drug-likeness (QED) is 0.890. The summed E-state index contributed by atoms with van der Waals surface area (Å²) in [5.74, 6) is 2.00. The van der Waals surface area contributed by atoms with Crippen LogP contribution in [0.3, 0.4) is 0 Å². The standard InChI is InChI=1S/C15H25N3O3.ClH/c1-19-10-6-15(5-2-7-16-11-15)14-17-13(21-18-14)12-3-8-20-9-4-12;/h12,16H,2-11H2,1H3;1H. The van der Waals surface area contributed by atoms with Crippen LogP contribution in [0, 0.1) is 0 Å². The predicted octanol–water partition coefficient (Wildman–Crippen LogP) is 2.04. The van der Waals surface area contributed by atoms with E-state index < -0.39 is 0 Å². The van der Waals surface area contributed by atoms with Gasteiger partial charge in [0, 0.05) is 44.8 Å². The minimum absolute atomic E-state index is 0. The highest BCUT2D eigenvalue weighted by molar-refractivity contribution is 5.85. The zero-order valence-electron chi connectivity index (χ0n) is 13.2. The second-order valence-corrected chi connectivity index (χ2v) is 6.15. The largest absolute Gasteiger partial charge is 0.385 e. The Labute approximate surface area is 137 Å². The van der Waals surface area contributed by atoms with Gasteiger partial charge < -0.3 is 19.3 Å².